The van der Waals surface area contributed by atoms with Gasteiger partial charge < -0.3 is 8.98 Å². The molecular formula is C57H34N4OS. The molecule has 0 N–H and O–H groups in total. The van der Waals surface area contributed by atoms with E-state index in [0.717, 1.165) is 60.9 Å². The summed E-state index contributed by atoms with van der Waals surface area (Å²) in [6.45, 7) is 0. The van der Waals surface area contributed by atoms with Crippen LogP contribution in [0.2, 0.25) is 0 Å². The zero-order chi connectivity index (χ0) is 41.4. The molecule has 0 bridgehead atoms. The molecule has 0 radical (unpaired) electrons. The maximum atomic E-state index is 6.65. The van der Waals surface area contributed by atoms with E-state index >= 15 is 0 Å². The molecule has 0 amide bonds. The van der Waals surface area contributed by atoms with Crippen LogP contribution in [0.4, 0.5) is 0 Å². The summed E-state index contributed by atoms with van der Waals surface area (Å²) in [5.74, 6) is 1.78. The molecule has 0 aliphatic rings. The predicted octanol–water partition coefficient (Wildman–Crippen LogP) is 15.6. The van der Waals surface area contributed by atoms with Gasteiger partial charge in [-0.15, -0.1) is 11.3 Å². The molecule has 0 aliphatic heterocycles. The Hall–Kier alpha value is -8.19. The van der Waals surface area contributed by atoms with E-state index in [4.69, 9.17) is 19.4 Å². The van der Waals surface area contributed by atoms with Crippen molar-refractivity contribution < 1.29 is 4.42 Å². The zero-order valence-corrected chi connectivity index (χ0v) is 34.6. The summed E-state index contributed by atoms with van der Waals surface area (Å²) in [5.41, 5.74) is 12.3. The van der Waals surface area contributed by atoms with E-state index in [1.54, 1.807) is 0 Å². The molecule has 9 aromatic carbocycles. The van der Waals surface area contributed by atoms with Crippen LogP contribution >= 0.6 is 11.3 Å². The second-order valence-corrected chi connectivity index (χ2v) is 17.0. The molecule has 6 heteroatoms. The van der Waals surface area contributed by atoms with Crippen LogP contribution in [0.25, 0.3) is 126 Å². The number of nitrogens with zero attached hydrogens (tertiary/aromatic N) is 4. The molecule has 0 atom stereocenters. The monoisotopic (exact) mass is 822 g/mol. The van der Waals surface area contributed by atoms with Crippen LogP contribution in [0.5, 0.6) is 0 Å². The number of rotatable bonds is 6. The summed E-state index contributed by atoms with van der Waals surface area (Å²) in [6, 6.07) is 72.6. The highest BCUT2D eigenvalue weighted by molar-refractivity contribution is 7.26. The van der Waals surface area contributed by atoms with Crippen LogP contribution in [0.1, 0.15) is 0 Å². The fourth-order valence-corrected chi connectivity index (χ4v) is 10.6. The minimum Gasteiger partial charge on any atom is -0.456 e. The maximum absolute atomic E-state index is 6.65. The van der Waals surface area contributed by atoms with E-state index in [1.807, 2.05) is 41.7 Å². The lowest BCUT2D eigenvalue weighted by Crippen LogP contribution is -2.01. The van der Waals surface area contributed by atoms with Crippen molar-refractivity contribution in [3.8, 4) is 62.1 Å². The van der Waals surface area contributed by atoms with Gasteiger partial charge in [0.15, 0.2) is 17.5 Å². The molecule has 0 unspecified atom stereocenters. The highest BCUT2D eigenvalue weighted by Crippen LogP contribution is 2.47. The molecule has 294 valence electrons. The normalized spacial score (nSPS) is 11.8. The quantitative estimate of drug-likeness (QED) is 0.168. The first-order valence-electron chi connectivity index (χ1n) is 21.1. The number of thiophene rings is 1. The van der Waals surface area contributed by atoms with Gasteiger partial charge >= 0.3 is 0 Å². The molecule has 13 rings (SSSR count). The Balaban J connectivity index is 1.03. The molecule has 5 nitrogen and oxygen atoms in total. The van der Waals surface area contributed by atoms with Crippen LogP contribution in [0.3, 0.4) is 0 Å². The van der Waals surface area contributed by atoms with Crippen LogP contribution in [-0.4, -0.2) is 19.5 Å². The van der Waals surface area contributed by atoms with Crippen molar-refractivity contribution in [2.45, 2.75) is 0 Å². The van der Waals surface area contributed by atoms with Gasteiger partial charge in [-0.1, -0.05) is 152 Å². The molecule has 0 fully saturated rings. The minimum absolute atomic E-state index is 0.579. The lowest BCUT2D eigenvalue weighted by Gasteiger charge is -2.13. The van der Waals surface area contributed by atoms with Gasteiger partial charge in [-0.05, 0) is 76.9 Å². The van der Waals surface area contributed by atoms with Crippen LogP contribution < -0.4 is 0 Å². The van der Waals surface area contributed by atoms with Crippen molar-refractivity contribution in [3.63, 3.8) is 0 Å². The van der Waals surface area contributed by atoms with E-state index in [0.29, 0.717) is 17.5 Å². The minimum atomic E-state index is 0.579. The molecule has 0 spiro atoms. The Morgan fingerprint density at radius 3 is 1.78 bits per heavy atom. The average Bonchev–Trinajstić information content (AvgIpc) is 4.04. The number of aromatic nitrogens is 4. The Morgan fingerprint density at radius 2 is 1.00 bits per heavy atom. The van der Waals surface area contributed by atoms with E-state index < -0.39 is 0 Å². The van der Waals surface area contributed by atoms with Gasteiger partial charge in [0, 0.05) is 64.1 Å². The number of hydrogen-bond donors (Lipinski definition) is 0. The standard InChI is InChI=1S/C57H34N4OS/c1-3-15-35(16-4-1)40-30-32-51-54(43-23-9-12-28-50(43)63-51)52(40)37-29-31-48-45(34-37)53-44(24-14-27-49(53)62-48)57-59-55(36-17-5-2-6-18-36)58-56(60-57)38-19-13-20-39(33-38)61-46-25-10-7-21-41(46)42-22-8-11-26-47(42)61/h1-34H. The number of fused-ring (bicyclic) bond motifs is 9. The third-order valence-electron chi connectivity index (χ3n) is 12.3. The van der Waals surface area contributed by atoms with Gasteiger partial charge in [0.25, 0.3) is 0 Å². The lowest BCUT2D eigenvalue weighted by molar-refractivity contribution is 0.669. The van der Waals surface area contributed by atoms with Gasteiger partial charge in [0.05, 0.1) is 11.0 Å². The fraction of sp³-hybridized carbons (Fsp3) is 0. The van der Waals surface area contributed by atoms with Gasteiger partial charge in [0.2, 0.25) is 0 Å². The van der Waals surface area contributed by atoms with E-state index in [-0.39, 0.29) is 0 Å². The summed E-state index contributed by atoms with van der Waals surface area (Å²) in [7, 11) is 0. The molecule has 4 heterocycles. The molecule has 0 aliphatic carbocycles. The zero-order valence-electron chi connectivity index (χ0n) is 33.7. The molecular weight excluding hydrogens is 789 g/mol. The fourth-order valence-electron chi connectivity index (χ4n) is 9.47. The molecule has 4 aromatic heterocycles. The smallest absolute Gasteiger partial charge is 0.164 e. The van der Waals surface area contributed by atoms with Gasteiger partial charge in [-0.3, -0.25) is 0 Å². The van der Waals surface area contributed by atoms with Crippen molar-refractivity contribution in [3.05, 3.63) is 206 Å². The highest BCUT2D eigenvalue weighted by Gasteiger charge is 2.22. The average molecular weight is 823 g/mol. The molecule has 0 saturated carbocycles. The maximum Gasteiger partial charge on any atom is 0.164 e. The number of furan rings is 1. The molecule has 63 heavy (non-hydrogen) atoms. The van der Waals surface area contributed by atoms with Gasteiger partial charge in [0.1, 0.15) is 11.2 Å². The van der Waals surface area contributed by atoms with E-state index in [9.17, 15) is 0 Å². The van der Waals surface area contributed by atoms with E-state index in [1.165, 1.54) is 47.6 Å². The summed E-state index contributed by atoms with van der Waals surface area (Å²) in [5, 5.41) is 6.93. The number of benzene rings is 9. The second-order valence-electron chi connectivity index (χ2n) is 15.9. The van der Waals surface area contributed by atoms with Crippen LogP contribution in [-0.2, 0) is 0 Å². The SMILES string of the molecule is c1ccc(-c2nc(-c3cccc(-n4c5ccccc5c5ccccc54)c3)nc(-c3cccc4oc5ccc(-c6c(-c7ccccc7)ccc7sc8ccccc8c67)cc5c34)n2)cc1. The Morgan fingerprint density at radius 1 is 0.365 bits per heavy atom. The first-order valence-corrected chi connectivity index (χ1v) is 21.9. The third kappa shape index (κ3) is 5.73. The number of para-hydroxylation sites is 2. The Bertz CT molecular complexity index is 3870. The third-order valence-corrected chi connectivity index (χ3v) is 13.4. The summed E-state index contributed by atoms with van der Waals surface area (Å²) in [6.07, 6.45) is 0. The van der Waals surface area contributed by atoms with Gasteiger partial charge in [-0.25, -0.2) is 15.0 Å². The Kier molecular flexibility index (Phi) is 8.01. The molecule has 13 aromatic rings. The van der Waals surface area contributed by atoms with Crippen molar-refractivity contribution in [1.82, 2.24) is 19.5 Å². The first kappa shape index (κ1) is 35.6. The second kappa shape index (κ2) is 14.2. The Labute approximate surface area is 365 Å². The first-order chi connectivity index (χ1) is 31.2. The summed E-state index contributed by atoms with van der Waals surface area (Å²) >= 11 is 1.84. The topological polar surface area (TPSA) is 56.7 Å². The van der Waals surface area contributed by atoms with Gasteiger partial charge in [-0.2, -0.15) is 0 Å². The summed E-state index contributed by atoms with van der Waals surface area (Å²) in [4.78, 5) is 15.7. The van der Waals surface area contributed by atoms with Crippen molar-refractivity contribution >= 4 is 75.3 Å². The van der Waals surface area contributed by atoms with Crippen LogP contribution in [0.15, 0.2) is 211 Å². The van der Waals surface area contributed by atoms with Crippen molar-refractivity contribution in [2.75, 3.05) is 0 Å². The van der Waals surface area contributed by atoms with Crippen LogP contribution in [0, 0.1) is 0 Å². The highest BCUT2D eigenvalue weighted by atomic mass is 32.1. The summed E-state index contributed by atoms with van der Waals surface area (Å²) < 4.78 is 11.5. The number of hydrogen-bond acceptors (Lipinski definition) is 5. The predicted molar refractivity (Wildman–Crippen MR) is 262 cm³/mol. The largest absolute Gasteiger partial charge is 0.456 e. The molecule has 0 saturated heterocycles. The van der Waals surface area contributed by atoms with E-state index in [2.05, 4.69) is 180 Å². The lowest BCUT2D eigenvalue weighted by atomic mass is 9.90. The van der Waals surface area contributed by atoms with Crippen molar-refractivity contribution in [2.24, 2.45) is 0 Å². The van der Waals surface area contributed by atoms with Crippen molar-refractivity contribution in [1.29, 1.82) is 0 Å².